The standard InChI is InChI=1S/C17H12ClF3O4/c1-8(22)14(9-2-4-10(18)5-3-9)17(25,16(23)24)15-12(20)6-11(19)7-13(15)21/h2-7,14,25H,1H3,(H,23,24). The molecular weight excluding hydrogens is 361 g/mol. The van der Waals surface area contributed by atoms with Crippen LogP contribution in [0.3, 0.4) is 0 Å². The average Bonchev–Trinajstić information content (AvgIpc) is 2.47. The van der Waals surface area contributed by atoms with Crippen molar-refractivity contribution in [3.8, 4) is 0 Å². The number of carboxylic acids is 1. The number of rotatable bonds is 5. The van der Waals surface area contributed by atoms with E-state index in [4.69, 9.17) is 11.6 Å². The highest BCUT2D eigenvalue weighted by Crippen LogP contribution is 2.41. The lowest BCUT2D eigenvalue weighted by Crippen LogP contribution is -2.46. The molecule has 2 aromatic rings. The minimum atomic E-state index is -3.29. The molecule has 2 rings (SSSR count). The Kier molecular flexibility index (Phi) is 5.20. The van der Waals surface area contributed by atoms with Gasteiger partial charge in [0.2, 0.25) is 5.60 Å². The summed E-state index contributed by atoms with van der Waals surface area (Å²) in [6, 6.07) is 5.61. The molecule has 132 valence electrons. The zero-order chi connectivity index (χ0) is 18.9. The van der Waals surface area contributed by atoms with Crippen molar-refractivity contribution in [2.75, 3.05) is 0 Å². The molecule has 0 bridgehead atoms. The number of Topliss-reactive ketones (excluding diaryl/α,β-unsaturated/α-hetero) is 1. The molecule has 25 heavy (non-hydrogen) atoms. The van der Waals surface area contributed by atoms with Crippen molar-refractivity contribution in [3.63, 3.8) is 0 Å². The summed E-state index contributed by atoms with van der Waals surface area (Å²) in [4.78, 5) is 23.8. The molecule has 2 N–H and O–H groups in total. The van der Waals surface area contributed by atoms with Crippen molar-refractivity contribution in [1.29, 1.82) is 0 Å². The van der Waals surface area contributed by atoms with E-state index in [-0.39, 0.29) is 22.7 Å². The molecule has 0 saturated carbocycles. The fourth-order valence-electron chi connectivity index (χ4n) is 2.71. The van der Waals surface area contributed by atoms with Crippen LogP contribution in [-0.4, -0.2) is 22.0 Å². The van der Waals surface area contributed by atoms with Crippen LogP contribution in [0.25, 0.3) is 0 Å². The second kappa shape index (κ2) is 6.85. The first-order valence-electron chi connectivity index (χ1n) is 6.95. The fraction of sp³-hybridized carbons (Fsp3) is 0.176. The number of aliphatic hydroxyl groups is 1. The van der Waals surface area contributed by atoms with E-state index in [0.717, 1.165) is 6.92 Å². The summed E-state index contributed by atoms with van der Waals surface area (Å²) in [5.41, 5.74) is -4.64. The van der Waals surface area contributed by atoms with E-state index in [0.29, 0.717) is 0 Å². The Morgan fingerprint density at radius 1 is 1.08 bits per heavy atom. The quantitative estimate of drug-likeness (QED) is 0.843. The monoisotopic (exact) mass is 372 g/mol. The minimum absolute atomic E-state index is 0.0232. The van der Waals surface area contributed by atoms with Gasteiger partial charge in [-0.15, -0.1) is 0 Å². The summed E-state index contributed by atoms with van der Waals surface area (Å²) in [6.45, 7) is 0.965. The van der Waals surface area contributed by atoms with E-state index in [9.17, 15) is 33.0 Å². The van der Waals surface area contributed by atoms with Crippen LogP contribution >= 0.6 is 11.6 Å². The van der Waals surface area contributed by atoms with Gasteiger partial charge < -0.3 is 10.2 Å². The molecule has 2 aromatic carbocycles. The Balaban J connectivity index is 2.79. The lowest BCUT2D eigenvalue weighted by atomic mass is 9.74. The third-order valence-corrected chi connectivity index (χ3v) is 3.99. The van der Waals surface area contributed by atoms with E-state index in [1.165, 1.54) is 24.3 Å². The molecule has 2 unspecified atom stereocenters. The molecule has 0 aliphatic carbocycles. The van der Waals surface area contributed by atoms with Gasteiger partial charge in [0, 0.05) is 17.2 Å². The Morgan fingerprint density at radius 3 is 1.96 bits per heavy atom. The fourth-order valence-corrected chi connectivity index (χ4v) is 2.83. The van der Waals surface area contributed by atoms with Gasteiger partial charge in [-0.3, -0.25) is 4.79 Å². The molecule has 8 heteroatoms. The van der Waals surface area contributed by atoms with Crippen LogP contribution < -0.4 is 0 Å². The van der Waals surface area contributed by atoms with Crippen LogP contribution in [0.5, 0.6) is 0 Å². The summed E-state index contributed by atoms with van der Waals surface area (Å²) in [6.07, 6.45) is 0. The van der Waals surface area contributed by atoms with E-state index >= 15 is 0 Å². The van der Waals surface area contributed by atoms with Crippen molar-refractivity contribution >= 4 is 23.4 Å². The number of halogens is 4. The maximum absolute atomic E-state index is 14.1. The van der Waals surface area contributed by atoms with Crippen molar-refractivity contribution in [2.24, 2.45) is 0 Å². The number of carboxylic acid groups (broad SMARTS) is 1. The topological polar surface area (TPSA) is 74.6 Å². The third kappa shape index (κ3) is 3.38. The molecule has 0 aliphatic rings. The van der Waals surface area contributed by atoms with Gasteiger partial charge in [-0.05, 0) is 24.6 Å². The molecular formula is C17H12ClF3O4. The van der Waals surface area contributed by atoms with E-state index in [1.54, 1.807) is 0 Å². The first kappa shape index (κ1) is 19.0. The van der Waals surface area contributed by atoms with Gasteiger partial charge in [0.15, 0.2) is 0 Å². The molecule has 0 heterocycles. The summed E-state index contributed by atoms with van der Waals surface area (Å²) < 4.78 is 41.4. The molecule has 4 nitrogen and oxygen atoms in total. The van der Waals surface area contributed by atoms with Crippen LogP contribution in [0, 0.1) is 17.5 Å². The highest BCUT2D eigenvalue weighted by Gasteiger charge is 2.52. The zero-order valence-electron chi connectivity index (χ0n) is 12.8. The van der Waals surface area contributed by atoms with Gasteiger partial charge in [-0.1, -0.05) is 23.7 Å². The number of hydrogen-bond donors (Lipinski definition) is 2. The number of ketones is 1. The maximum atomic E-state index is 14.1. The highest BCUT2D eigenvalue weighted by molar-refractivity contribution is 6.30. The Morgan fingerprint density at radius 2 is 1.56 bits per heavy atom. The first-order chi connectivity index (χ1) is 11.6. The zero-order valence-corrected chi connectivity index (χ0v) is 13.5. The highest BCUT2D eigenvalue weighted by atomic mass is 35.5. The third-order valence-electron chi connectivity index (χ3n) is 3.74. The van der Waals surface area contributed by atoms with Crippen LogP contribution in [-0.2, 0) is 15.2 Å². The molecule has 0 aromatic heterocycles. The first-order valence-corrected chi connectivity index (χ1v) is 7.33. The number of carbonyl (C=O) groups excluding carboxylic acids is 1. The van der Waals surface area contributed by atoms with E-state index < -0.39 is 46.3 Å². The van der Waals surface area contributed by atoms with Crippen molar-refractivity contribution in [3.05, 3.63) is 70.0 Å². The lowest BCUT2D eigenvalue weighted by Gasteiger charge is -2.32. The smallest absolute Gasteiger partial charge is 0.341 e. The SMILES string of the molecule is CC(=O)C(c1ccc(Cl)cc1)C(O)(C(=O)O)c1c(F)cc(F)cc1F. The molecule has 0 amide bonds. The molecule has 0 spiro atoms. The van der Waals surface area contributed by atoms with Gasteiger partial charge in [0.1, 0.15) is 23.2 Å². The number of hydrogen-bond acceptors (Lipinski definition) is 3. The molecule has 0 aliphatic heterocycles. The molecule has 2 atom stereocenters. The molecule has 0 saturated heterocycles. The van der Waals surface area contributed by atoms with Gasteiger partial charge in [-0.2, -0.15) is 0 Å². The summed E-state index contributed by atoms with van der Waals surface area (Å²) in [5, 5.41) is 20.5. The van der Waals surface area contributed by atoms with Gasteiger partial charge in [-0.25, -0.2) is 18.0 Å². The Labute approximate surface area is 145 Å². The van der Waals surface area contributed by atoms with Gasteiger partial charge in [0.25, 0.3) is 0 Å². The number of aliphatic carboxylic acids is 1. The van der Waals surface area contributed by atoms with E-state index in [2.05, 4.69) is 0 Å². The number of carbonyl (C=O) groups is 2. The maximum Gasteiger partial charge on any atom is 0.341 e. The Hall–Kier alpha value is -2.38. The van der Waals surface area contributed by atoms with Crippen molar-refractivity contribution in [1.82, 2.24) is 0 Å². The Bertz CT molecular complexity index is 815. The predicted octanol–water partition coefficient (Wildman–Crippen LogP) is 3.40. The average molecular weight is 373 g/mol. The largest absolute Gasteiger partial charge is 0.479 e. The van der Waals surface area contributed by atoms with Crippen molar-refractivity contribution < 1.29 is 33.0 Å². The van der Waals surface area contributed by atoms with Gasteiger partial charge in [0.05, 0.1) is 11.5 Å². The van der Waals surface area contributed by atoms with Crippen LogP contribution in [0.15, 0.2) is 36.4 Å². The van der Waals surface area contributed by atoms with Crippen LogP contribution in [0.2, 0.25) is 5.02 Å². The molecule has 0 fully saturated rings. The number of benzene rings is 2. The van der Waals surface area contributed by atoms with Gasteiger partial charge >= 0.3 is 5.97 Å². The summed E-state index contributed by atoms with van der Waals surface area (Å²) in [5.74, 6) is -9.32. The van der Waals surface area contributed by atoms with Crippen LogP contribution in [0.4, 0.5) is 13.2 Å². The van der Waals surface area contributed by atoms with Crippen molar-refractivity contribution in [2.45, 2.75) is 18.4 Å². The normalized spacial score (nSPS) is 14.6. The summed E-state index contributed by atoms with van der Waals surface area (Å²) >= 11 is 5.73. The summed E-state index contributed by atoms with van der Waals surface area (Å²) in [7, 11) is 0. The second-order valence-electron chi connectivity index (χ2n) is 5.41. The second-order valence-corrected chi connectivity index (χ2v) is 5.85. The van der Waals surface area contributed by atoms with Crippen LogP contribution in [0.1, 0.15) is 24.0 Å². The van der Waals surface area contributed by atoms with E-state index in [1.807, 2.05) is 0 Å². The minimum Gasteiger partial charge on any atom is -0.479 e. The molecule has 0 radical (unpaired) electrons. The lowest BCUT2D eigenvalue weighted by molar-refractivity contribution is -0.165. The predicted molar refractivity (Wildman–Crippen MR) is 82.7 cm³/mol.